The van der Waals surface area contributed by atoms with Crippen LogP contribution < -0.4 is 14.4 Å². The van der Waals surface area contributed by atoms with Gasteiger partial charge in [0.15, 0.2) is 0 Å². The van der Waals surface area contributed by atoms with Crippen LogP contribution in [0, 0.1) is 17.8 Å². The maximum Gasteiger partial charge on any atom is 0.150 e. The van der Waals surface area contributed by atoms with Crippen LogP contribution in [0.2, 0.25) is 5.02 Å². The lowest BCUT2D eigenvalue weighted by atomic mass is 9.63. The fourth-order valence-corrected chi connectivity index (χ4v) is 9.57. The number of fused-ring (bicyclic) bond motifs is 2. The first-order valence-corrected chi connectivity index (χ1v) is 20.6. The highest BCUT2D eigenvalue weighted by atomic mass is 35.5. The van der Waals surface area contributed by atoms with E-state index < -0.39 is 16.6 Å². The van der Waals surface area contributed by atoms with Crippen molar-refractivity contribution < 1.29 is 18.5 Å². The average Bonchev–Trinajstić information content (AvgIpc) is 3.54. The van der Waals surface area contributed by atoms with E-state index in [9.17, 15) is 9.00 Å². The molecule has 2 aliphatic heterocycles. The Morgan fingerprint density at radius 1 is 1.19 bits per heavy atom. The van der Waals surface area contributed by atoms with Crippen molar-refractivity contribution in [3.05, 3.63) is 88.5 Å². The zero-order chi connectivity index (χ0) is 36.8. The lowest BCUT2D eigenvalue weighted by Gasteiger charge is -2.51. The summed E-state index contributed by atoms with van der Waals surface area (Å²) in [6, 6.07) is 12.1. The molecule has 1 N–H and O–H groups in total. The van der Waals surface area contributed by atoms with Gasteiger partial charge in [-0.2, -0.15) is 0 Å². The van der Waals surface area contributed by atoms with Gasteiger partial charge in [-0.15, -0.1) is 0 Å². The number of ether oxygens (including phenoxy) is 2. The van der Waals surface area contributed by atoms with Gasteiger partial charge in [-0.1, -0.05) is 50.1 Å². The van der Waals surface area contributed by atoms with Gasteiger partial charge in [0.25, 0.3) is 0 Å². The van der Waals surface area contributed by atoms with E-state index in [2.05, 4.69) is 68.4 Å². The second-order valence-electron chi connectivity index (χ2n) is 15.0. The number of methoxy groups -OCH3 is 1. The lowest BCUT2D eigenvalue weighted by molar-refractivity contribution is -0.0944. The van der Waals surface area contributed by atoms with Crippen molar-refractivity contribution in [1.82, 2.24) is 19.2 Å². The summed E-state index contributed by atoms with van der Waals surface area (Å²) in [5, 5.41) is 0.785. The first-order valence-electron chi connectivity index (χ1n) is 19.0. The number of carbonyl (C=O) groups is 1. The van der Waals surface area contributed by atoms with Crippen LogP contribution in [0.25, 0.3) is 0 Å². The summed E-state index contributed by atoms with van der Waals surface area (Å²) >= 11 is 6.49. The highest BCUT2D eigenvalue weighted by Crippen LogP contribution is 2.47. The molecule has 11 heteroatoms. The average molecular weight is 750 g/mol. The number of allylic oxidation sites excluding steroid dienone is 1. The highest BCUT2D eigenvalue weighted by Gasteiger charge is 2.48. The minimum absolute atomic E-state index is 0.0250. The molecular weight excluding hydrogens is 694 g/mol. The molecule has 7 atom stereocenters. The maximum atomic E-state index is 12.5. The van der Waals surface area contributed by atoms with E-state index in [0.29, 0.717) is 18.1 Å². The van der Waals surface area contributed by atoms with Crippen LogP contribution in [-0.2, 0) is 35.2 Å². The van der Waals surface area contributed by atoms with E-state index >= 15 is 0 Å². The van der Waals surface area contributed by atoms with Crippen molar-refractivity contribution in [3.8, 4) is 5.75 Å². The predicted molar refractivity (Wildman–Crippen MR) is 211 cm³/mol. The summed E-state index contributed by atoms with van der Waals surface area (Å²) in [7, 11) is 2.54. The molecule has 3 aromatic rings. The van der Waals surface area contributed by atoms with Crippen molar-refractivity contribution >= 4 is 34.6 Å². The Balaban J connectivity index is 1.30. The molecule has 1 fully saturated rings. The number of nitrogens with one attached hydrogen (secondary N) is 1. The summed E-state index contributed by atoms with van der Waals surface area (Å²) in [4.78, 5) is 21.6. The molecule has 0 radical (unpaired) electrons. The molecule has 0 spiro atoms. The Morgan fingerprint density at radius 3 is 2.77 bits per heavy atom. The molecule has 9 nitrogen and oxygen atoms in total. The number of imidazole rings is 1. The second-order valence-corrected chi connectivity index (χ2v) is 17.2. The van der Waals surface area contributed by atoms with Crippen LogP contribution in [0.5, 0.6) is 5.75 Å². The first-order chi connectivity index (χ1) is 25.2. The number of carbonyl (C=O) groups excluding carboxylic acids is 1. The molecule has 0 bridgehead atoms. The zero-order valence-electron chi connectivity index (χ0n) is 31.4. The Kier molecular flexibility index (Phi) is 13.0. The monoisotopic (exact) mass is 749 g/mol. The van der Waals surface area contributed by atoms with Gasteiger partial charge in [0.05, 0.1) is 29.8 Å². The molecule has 1 aliphatic carbocycles. The van der Waals surface area contributed by atoms with Crippen LogP contribution in [-0.4, -0.2) is 82.7 Å². The normalized spacial score (nSPS) is 23.4. The predicted octanol–water partition coefficient (Wildman–Crippen LogP) is 7.07. The van der Waals surface area contributed by atoms with Crippen molar-refractivity contribution in [2.24, 2.45) is 17.8 Å². The molecule has 1 aromatic heterocycles. The van der Waals surface area contributed by atoms with E-state index in [4.69, 9.17) is 21.1 Å². The largest absolute Gasteiger partial charge is 0.491 e. The number of aldehydes is 1. The molecule has 0 amide bonds. The van der Waals surface area contributed by atoms with Gasteiger partial charge >= 0.3 is 0 Å². The van der Waals surface area contributed by atoms with Gasteiger partial charge in [0.2, 0.25) is 0 Å². The Morgan fingerprint density at radius 2 is 2.04 bits per heavy atom. The third kappa shape index (κ3) is 8.52. The summed E-state index contributed by atoms with van der Waals surface area (Å²) in [5.41, 5.74) is 3.67. The smallest absolute Gasteiger partial charge is 0.150 e. The number of nitrogens with zero attached hydrogens (tertiary/aromatic N) is 4. The Labute approximate surface area is 317 Å². The minimum Gasteiger partial charge on any atom is -0.491 e. The maximum absolute atomic E-state index is 12.5. The Hall–Kier alpha value is -3.02. The molecular formula is C41H56ClN5O4S. The third-order valence-corrected chi connectivity index (χ3v) is 13.6. The van der Waals surface area contributed by atoms with Gasteiger partial charge in [0, 0.05) is 74.0 Å². The molecule has 2 aromatic carbocycles. The number of hydrogen-bond donors (Lipinski definition) is 1. The fraction of sp³-hybridized carbons (Fsp3) is 0.561. The molecule has 282 valence electrons. The molecule has 3 heterocycles. The second kappa shape index (κ2) is 17.4. The van der Waals surface area contributed by atoms with E-state index in [1.807, 2.05) is 44.5 Å². The molecule has 0 saturated heterocycles. The van der Waals surface area contributed by atoms with E-state index in [-0.39, 0.29) is 23.0 Å². The van der Waals surface area contributed by atoms with Gasteiger partial charge in [-0.3, -0.25) is 9.69 Å². The van der Waals surface area contributed by atoms with Gasteiger partial charge < -0.3 is 18.9 Å². The van der Waals surface area contributed by atoms with E-state index in [0.717, 1.165) is 99.9 Å². The quantitative estimate of drug-likeness (QED) is 0.124. The number of aromatic nitrogens is 2. The summed E-state index contributed by atoms with van der Waals surface area (Å²) in [6.07, 6.45) is 14.4. The SMILES string of the molecule is CCCc1cc(Cl)ccc1C1COc2ccc(C=O)cc2N(CC2CCC2C(/C=C/CC(C)C(C)S(=O)NC)(CN2CCn3ccnc3C2)OC)C1. The first kappa shape index (κ1) is 38.7. The summed E-state index contributed by atoms with van der Waals surface area (Å²) in [5.74, 6) is 2.92. The third-order valence-electron chi connectivity index (χ3n) is 11.8. The van der Waals surface area contributed by atoms with Crippen molar-refractivity contribution in [3.63, 3.8) is 0 Å². The number of halogens is 1. The summed E-state index contributed by atoms with van der Waals surface area (Å²) in [6.45, 7) is 12.0. The topological polar surface area (TPSA) is 88.9 Å². The summed E-state index contributed by atoms with van der Waals surface area (Å²) < 4.78 is 30.9. The van der Waals surface area contributed by atoms with Crippen molar-refractivity contribution in [2.75, 3.05) is 51.8 Å². The number of hydrogen-bond acceptors (Lipinski definition) is 7. The molecule has 3 aliphatic rings. The lowest BCUT2D eigenvalue weighted by Crippen LogP contribution is -2.57. The van der Waals surface area contributed by atoms with Crippen LogP contribution >= 0.6 is 11.6 Å². The van der Waals surface area contributed by atoms with E-state index in [1.165, 1.54) is 11.1 Å². The fourth-order valence-electron chi connectivity index (χ4n) is 8.47. The van der Waals surface area contributed by atoms with Crippen molar-refractivity contribution in [1.29, 1.82) is 0 Å². The zero-order valence-corrected chi connectivity index (χ0v) is 33.0. The molecule has 1 saturated carbocycles. The number of anilines is 1. The van der Waals surface area contributed by atoms with Crippen LogP contribution in [0.3, 0.4) is 0 Å². The van der Waals surface area contributed by atoms with Gasteiger partial charge in [-0.25, -0.2) is 13.9 Å². The molecule has 6 rings (SSSR count). The number of benzene rings is 2. The molecule has 7 unspecified atom stereocenters. The van der Waals surface area contributed by atoms with E-state index in [1.54, 1.807) is 7.05 Å². The minimum atomic E-state index is -1.08. The standard InChI is InChI=1S/C41H56ClN5O4S/c1-6-8-32-22-35(42)12-13-36(32)34-24-47(38-21-31(26-48)10-15-39(38)51-27-34)23-33-11-14-37(33)41(50-5,16-7-9-29(2)30(3)52(49)43-4)28-45-19-20-46-18-17-44-40(46)25-45/h7,10,12-13,15-18,21-22,26,29-30,33-34,37,43H,6,8-9,11,14,19-20,23-25,27-28H2,1-5H3/b16-7+. The van der Waals surface area contributed by atoms with Crippen molar-refractivity contribution in [2.45, 2.75) is 82.7 Å². The van der Waals surface area contributed by atoms with Crippen LogP contribution in [0.15, 0.2) is 60.9 Å². The number of aryl methyl sites for hydroxylation is 1. The van der Waals surface area contributed by atoms with Crippen LogP contribution in [0.1, 0.15) is 79.7 Å². The van der Waals surface area contributed by atoms with Crippen LogP contribution in [0.4, 0.5) is 5.69 Å². The number of rotatable bonds is 16. The van der Waals surface area contributed by atoms with Gasteiger partial charge in [-0.05, 0) is 98.9 Å². The molecule has 52 heavy (non-hydrogen) atoms. The Bertz CT molecular complexity index is 1730. The van der Waals surface area contributed by atoms with Gasteiger partial charge in [0.1, 0.15) is 23.5 Å². The highest BCUT2D eigenvalue weighted by molar-refractivity contribution is 7.83.